The van der Waals surface area contributed by atoms with Crippen LogP contribution in [0.5, 0.6) is 5.75 Å². The molecule has 38 heavy (non-hydrogen) atoms. The molecule has 1 aromatic heterocycles. The Morgan fingerprint density at radius 2 is 1.87 bits per heavy atom. The number of amides is 1. The summed E-state index contributed by atoms with van der Waals surface area (Å²) in [5.74, 6) is -3.12. The first-order valence-corrected chi connectivity index (χ1v) is 12.7. The van der Waals surface area contributed by atoms with Crippen molar-refractivity contribution in [2.75, 3.05) is 12.0 Å². The number of carbonyl (C=O) groups is 2. The summed E-state index contributed by atoms with van der Waals surface area (Å²) in [5, 5.41) is 11.5. The van der Waals surface area contributed by atoms with Gasteiger partial charge in [-0.25, -0.2) is 13.8 Å². The Kier molecular flexibility index (Phi) is 6.48. The number of thiazole rings is 1. The highest BCUT2D eigenvalue weighted by atomic mass is 32.1. The van der Waals surface area contributed by atoms with Crippen LogP contribution in [0, 0.1) is 18.6 Å². The van der Waals surface area contributed by atoms with Crippen LogP contribution in [0.25, 0.3) is 16.0 Å². The van der Waals surface area contributed by atoms with Crippen LogP contribution in [0.15, 0.2) is 60.2 Å². The van der Waals surface area contributed by atoms with Crippen molar-refractivity contribution in [3.05, 3.63) is 94.1 Å². The number of benzene rings is 3. The second-order valence-electron chi connectivity index (χ2n) is 9.43. The molecule has 9 heteroatoms. The molecule has 1 atom stereocenters. The minimum atomic E-state index is -1.03. The van der Waals surface area contributed by atoms with Gasteiger partial charge in [-0.1, -0.05) is 55.0 Å². The molecular formula is C29H24F2N2O4S. The van der Waals surface area contributed by atoms with Gasteiger partial charge in [-0.2, -0.15) is 0 Å². The minimum absolute atomic E-state index is 0.0229. The Morgan fingerprint density at radius 3 is 2.55 bits per heavy atom. The third kappa shape index (κ3) is 4.22. The van der Waals surface area contributed by atoms with E-state index in [4.69, 9.17) is 4.74 Å². The topological polar surface area (TPSA) is 79.7 Å². The van der Waals surface area contributed by atoms with E-state index in [1.807, 2.05) is 26.8 Å². The number of nitrogens with zero attached hydrogens (tertiary/aromatic N) is 2. The van der Waals surface area contributed by atoms with Gasteiger partial charge in [0, 0.05) is 11.6 Å². The number of aromatic nitrogens is 1. The highest BCUT2D eigenvalue weighted by Gasteiger charge is 2.48. The van der Waals surface area contributed by atoms with E-state index in [-0.39, 0.29) is 32.6 Å². The fourth-order valence-corrected chi connectivity index (χ4v) is 5.75. The summed E-state index contributed by atoms with van der Waals surface area (Å²) < 4.78 is 34.0. The Hall–Kier alpha value is -4.11. The van der Waals surface area contributed by atoms with Gasteiger partial charge >= 0.3 is 5.91 Å². The van der Waals surface area contributed by atoms with Gasteiger partial charge in [-0.3, -0.25) is 14.5 Å². The zero-order valence-corrected chi connectivity index (χ0v) is 21.9. The van der Waals surface area contributed by atoms with Crippen LogP contribution in [0.4, 0.5) is 13.9 Å². The van der Waals surface area contributed by atoms with Gasteiger partial charge < -0.3 is 9.84 Å². The first kappa shape index (κ1) is 25.5. The van der Waals surface area contributed by atoms with E-state index >= 15 is 0 Å². The summed E-state index contributed by atoms with van der Waals surface area (Å²) in [7, 11) is 1.55. The number of halogens is 2. The van der Waals surface area contributed by atoms with Crippen molar-refractivity contribution in [2.24, 2.45) is 0 Å². The monoisotopic (exact) mass is 534 g/mol. The molecule has 1 aliphatic heterocycles. The van der Waals surface area contributed by atoms with Crippen LogP contribution in [0.3, 0.4) is 0 Å². The highest BCUT2D eigenvalue weighted by molar-refractivity contribution is 7.22. The zero-order chi connectivity index (χ0) is 27.3. The summed E-state index contributed by atoms with van der Waals surface area (Å²) in [4.78, 5) is 32.3. The number of hydrogen-bond donors (Lipinski definition) is 1. The molecule has 2 heterocycles. The Bertz CT molecular complexity index is 1640. The number of aliphatic hydroxyl groups is 1. The van der Waals surface area contributed by atoms with Crippen LogP contribution in [0.2, 0.25) is 0 Å². The lowest BCUT2D eigenvalue weighted by Crippen LogP contribution is -2.29. The van der Waals surface area contributed by atoms with E-state index in [1.165, 1.54) is 0 Å². The van der Waals surface area contributed by atoms with Crippen LogP contribution in [-0.4, -0.2) is 28.9 Å². The van der Waals surface area contributed by atoms with Crippen molar-refractivity contribution >= 4 is 44.1 Å². The number of aryl methyl sites for hydroxylation is 1. The van der Waals surface area contributed by atoms with Gasteiger partial charge in [0.15, 0.2) is 10.9 Å². The van der Waals surface area contributed by atoms with Gasteiger partial charge in [-0.15, -0.1) is 0 Å². The number of carbonyl (C=O) groups excluding carboxylic acids is 2. The summed E-state index contributed by atoms with van der Waals surface area (Å²) in [6.45, 7) is 5.81. The number of hydrogen-bond acceptors (Lipinski definition) is 6. The molecule has 1 N–H and O–H groups in total. The van der Waals surface area contributed by atoms with E-state index in [9.17, 15) is 23.5 Å². The maximum atomic E-state index is 14.5. The second kappa shape index (κ2) is 9.64. The summed E-state index contributed by atoms with van der Waals surface area (Å²) in [5.41, 5.74) is 2.38. The molecule has 1 fully saturated rings. The Balaban J connectivity index is 1.74. The SMILES string of the molecule is COc1ccc(/C(O)=C2\C(=O)C(=O)N(c3nc4c(F)cc(F)cc4s3)C2c2cccc(C)c2)cc1C(C)C. The predicted octanol–water partition coefficient (Wildman–Crippen LogP) is 6.64. The van der Waals surface area contributed by atoms with Gasteiger partial charge in [0.25, 0.3) is 5.78 Å². The molecule has 4 aromatic rings. The van der Waals surface area contributed by atoms with E-state index in [1.54, 1.807) is 43.5 Å². The van der Waals surface area contributed by atoms with Crippen molar-refractivity contribution in [3.63, 3.8) is 0 Å². The molecule has 1 saturated heterocycles. The molecule has 6 nitrogen and oxygen atoms in total. The lowest BCUT2D eigenvalue weighted by molar-refractivity contribution is -0.132. The zero-order valence-electron chi connectivity index (χ0n) is 21.1. The van der Waals surface area contributed by atoms with Crippen molar-refractivity contribution in [1.29, 1.82) is 0 Å². The number of anilines is 1. The number of fused-ring (bicyclic) bond motifs is 1. The molecule has 0 saturated carbocycles. The lowest BCUT2D eigenvalue weighted by Gasteiger charge is -2.23. The van der Waals surface area contributed by atoms with Gasteiger partial charge in [0.2, 0.25) is 0 Å². The van der Waals surface area contributed by atoms with Crippen molar-refractivity contribution in [2.45, 2.75) is 32.7 Å². The van der Waals surface area contributed by atoms with E-state index < -0.39 is 29.4 Å². The predicted molar refractivity (Wildman–Crippen MR) is 143 cm³/mol. The molecule has 0 radical (unpaired) electrons. The lowest BCUT2D eigenvalue weighted by atomic mass is 9.92. The number of ketones is 1. The largest absolute Gasteiger partial charge is 0.507 e. The number of rotatable bonds is 5. The Morgan fingerprint density at radius 1 is 1.11 bits per heavy atom. The Labute approximate surface area is 221 Å². The second-order valence-corrected chi connectivity index (χ2v) is 10.4. The van der Waals surface area contributed by atoms with Crippen molar-refractivity contribution < 1.29 is 28.2 Å². The highest BCUT2D eigenvalue weighted by Crippen LogP contribution is 2.45. The summed E-state index contributed by atoms with van der Waals surface area (Å²) in [6.07, 6.45) is 0. The van der Waals surface area contributed by atoms with Gasteiger partial charge in [0.05, 0.1) is 23.4 Å². The molecule has 0 aliphatic carbocycles. The minimum Gasteiger partial charge on any atom is -0.507 e. The molecule has 1 amide bonds. The average Bonchev–Trinajstić information content (AvgIpc) is 3.41. The van der Waals surface area contributed by atoms with Crippen LogP contribution >= 0.6 is 11.3 Å². The molecule has 0 bridgehead atoms. The third-order valence-corrected chi connectivity index (χ3v) is 7.54. The number of aliphatic hydroxyl groups excluding tert-OH is 1. The fourth-order valence-electron chi connectivity index (χ4n) is 4.72. The van der Waals surface area contributed by atoms with Crippen molar-refractivity contribution in [1.82, 2.24) is 4.98 Å². The number of ether oxygens (including phenoxy) is 1. The van der Waals surface area contributed by atoms with Crippen LogP contribution < -0.4 is 9.64 Å². The van der Waals surface area contributed by atoms with Gasteiger partial charge in [0.1, 0.15) is 22.8 Å². The molecule has 1 unspecified atom stereocenters. The maximum absolute atomic E-state index is 14.5. The molecule has 3 aromatic carbocycles. The molecular weight excluding hydrogens is 510 g/mol. The van der Waals surface area contributed by atoms with Gasteiger partial charge in [-0.05, 0) is 48.2 Å². The number of methoxy groups -OCH3 is 1. The normalized spacial score (nSPS) is 17.1. The van der Waals surface area contributed by atoms with E-state index in [0.29, 0.717) is 22.9 Å². The average molecular weight is 535 g/mol. The van der Waals surface area contributed by atoms with E-state index in [0.717, 1.165) is 33.4 Å². The van der Waals surface area contributed by atoms with Crippen molar-refractivity contribution in [3.8, 4) is 5.75 Å². The fraction of sp³-hybridized carbons (Fsp3) is 0.207. The number of Topliss-reactive ketones (excluding diaryl/α,β-unsaturated/α-hetero) is 1. The van der Waals surface area contributed by atoms with Crippen LogP contribution in [-0.2, 0) is 9.59 Å². The third-order valence-electron chi connectivity index (χ3n) is 6.54. The van der Waals surface area contributed by atoms with E-state index in [2.05, 4.69) is 4.98 Å². The molecule has 5 rings (SSSR count). The van der Waals surface area contributed by atoms with Crippen LogP contribution in [0.1, 0.15) is 48.1 Å². The summed E-state index contributed by atoms with van der Waals surface area (Å²) >= 11 is 0.893. The molecule has 0 spiro atoms. The molecule has 194 valence electrons. The smallest absolute Gasteiger partial charge is 0.301 e. The quantitative estimate of drug-likeness (QED) is 0.176. The first-order valence-electron chi connectivity index (χ1n) is 11.9. The first-order chi connectivity index (χ1) is 18.1. The summed E-state index contributed by atoms with van der Waals surface area (Å²) in [6, 6.07) is 13.1. The standard InChI is InChI=1S/C29H24F2N2O4S/c1-14(2)19-11-17(8-9-21(19)37-4)26(34)23-25(16-7-5-6-15(3)10-16)33(28(36)27(23)35)29-32-24-20(31)12-18(30)13-22(24)38-29/h5-14,25,34H,1-4H3/b26-23+. The maximum Gasteiger partial charge on any atom is 0.301 e. The molecule has 1 aliphatic rings.